The molecule has 0 fully saturated rings. The Hall–Kier alpha value is -3.44. The van der Waals surface area contributed by atoms with Gasteiger partial charge >= 0.3 is 0 Å². The van der Waals surface area contributed by atoms with Gasteiger partial charge in [0.05, 0.1) is 6.16 Å². The molecule has 0 aliphatic carbocycles. The lowest BCUT2D eigenvalue weighted by atomic mass is 10.00. The lowest BCUT2D eigenvalue weighted by molar-refractivity contribution is 0.489. The molecule has 2 nitrogen and oxygen atoms in total. The first kappa shape index (κ1) is 25.2. The van der Waals surface area contributed by atoms with E-state index < -0.39 is 8.38 Å². The fourth-order valence-electron chi connectivity index (χ4n) is 4.17. The molecule has 0 amide bonds. The first-order valence-corrected chi connectivity index (χ1v) is 15.3. The van der Waals surface area contributed by atoms with Gasteiger partial charge in [-0.3, -0.25) is 0 Å². The molecule has 2 atom stereocenters. The van der Waals surface area contributed by atoms with Crippen LogP contribution in [0, 0.1) is 0 Å². The zero-order valence-corrected chi connectivity index (χ0v) is 22.6. The third-order valence-electron chi connectivity index (χ3n) is 5.99. The molecular formula is C33H30O2P2. The molecule has 4 heteroatoms. The maximum atomic E-state index is 6.68. The maximum Gasteiger partial charge on any atom is 0.295 e. The van der Waals surface area contributed by atoms with E-state index >= 15 is 0 Å². The van der Waals surface area contributed by atoms with Gasteiger partial charge in [0.25, 0.3) is 8.38 Å². The molecule has 0 bridgehead atoms. The highest BCUT2D eigenvalue weighted by Crippen LogP contribution is 2.46. The molecular weight excluding hydrogens is 490 g/mol. The summed E-state index contributed by atoms with van der Waals surface area (Å²) >= 11 is 0. The normalized spacial score (nSPS) is 11.9. The molecule has 0 radical (unpaired) electrons. The minimum atomic E-state index is -1.25. The second-order valence-electron chi connectivity index (χ2n) is 8.71. The van der Waals surface area contributed by atoms with Crippen LogP contribution in [0.3, 0.4) is 0 Å². The summed E-state index contributed by atoms with van der Waals surface area (Å²) in [4.78, 5) is 0. The Bertz CT molecular complexity index is 1330. The van der Waals surface area contributed by atoms with Gasteiger partial charge in [0, 0.05) is 5.56 Å². The van der Waals surface area contributed by atoms with Crippen molar-refractivity contribution in [3.05, 3.63) is 156 Å². The summed E-state index contributed by atoms with van der Waals surface area (Å²) in [7, 11) is -0.423. The van der Waals surface area contributed by atoms with Gasteiger partial charge in [0.2, 0.25) is 0 Å². The van der Waals surface area contributed by atoms with Gasteiger partial charge in [0.15, 0.2) is 0 Å². The molecule has 0 aliphatic heterocycles. The predicted molar refractivity (Wildman–Crippen MR) is 159 cm³/mol. The first-order valence-electron chi connectivity index (χ1n) is 12.5. The van der Waals surface area contributed by atoms with Crippen LogP contribution < -0.4 is 9.05 Å². The molecule has 0 spiro atoms. The fraction of sp³-hybridized carbons (Fsp3) is 0.0909. The Morgan fingerprint density at radius 3 is 1.78 bits per heavy atom. The van der Waals surface area contributed by atoms with Gasteiger partial charge in [-0.05, 0) is 52.8 Å². The Morgan fingerprint density at radius 2 is 1.05 bits per heavy atom. The molecule has 2 unspecified atom stereocenters. The van der Waals surface area contributed by atoms with Gasteiger partial charge in [-0.1, -0.05) is 121 Å². The van der Waals surface area contributed by atoms with Crippen molar-refractivity contribution in [3.8, 4) is 22.6 Å². The zero-order valence-electron chi connectivity index (χ0n) is 20.7. The molecule has 0 saturated carbocycles. The number of benzene rings is 5. The maximum absolute atomic E-state index is 6.68. The van der Waals surface area contributed by atoms with E-state index in [0.717, 1.165) is 38.0 Å². The van der Waals surface area contributed by atoms with Crippen molar-refractivity contribution in [2.24, 2.45) is 0 Å². The summed E-state index contributed by atoms with van der Waals surface area (Å²) in [5.41, 5.74) is 6.29. The number of rotatable bonds is 11. The van der Waals surface area contributed by atoms with Crippen LogP contribution in [0.25, 0.3) is 11.1 Å². The molecule has 5 aromatic rings. The van der Waals surface area contributed by atoms with E-state index in [1.165, 1.54) is 22.3 Å². The van der Waals surface area contributed by atoms with E-state index in [9.17, 15) is 0 Å². The summed E-state index contributed by atoms with van der Waals surface area (Å²) < 4.78 is 13.1. The standard InChI is InChI=1S/C33H30O2P2/c1-4-14-27(15-5-1)24-36-25-29-18-10-11-21-31(29)32-22-12-13-23-33(32)35-37(26-28-16-6-2-7-17-28)34-30-19-8-3-9-20-30/h1-23,36H,24-26H2. The van der Waals surface area contributed by atoms with Crippen LogP contribution in [0.5, 0.6) is 11.5 Å². The van der Waals surface area contributed by atoms with E-state index in [1.54, 1.807) is 0 Å². The summed E-state index contributed by atoms with van der Waals surface area (Å²) in [5.74, 6) is 1.68. The average molecular weight is 521 g/mol. The minimum Gasteiger partial charge on any atom is -0.438 e. The lowest BCUT2D eigenvalue weighted by Crippen LogP contribution is -2.00. The van der Waals surface area contributed by atoms with Crippen molar-refractivity contribution in [2.75, 3.05) is 0 Å². The minimum absolute atomic E-state index is 0.708. The van der Waals surface area contributed by atoms with Crippen molar-refractivity contribution in [1.82, 2.24) is 0 Å². The molecule has 0 heterocycles. The Labute approximate surface area is 223 Å². The summed E-state index contributed by atoms with van der Waals surface area (Å²) in [5, 5.41) is 0. The Kier molecular flexibility index (Phi) is 9.00. The molecule has 184 valence electrons. The highest BCUT2D eigenvalue weighted by molar-refractivity contribution is 7.47. The highest BCUT2D eigenvalue weighted by atomic mass is 31.2. The number of para-hydroxylation sites is 2. The lowest BCUT2D eigenvalue weighted by Gasteiger charge is -2.21. The molecule has 5 rings (SSSR count). The molecule has 37 heavy (non-hydrogen) atoms. The topological polar surface area (TPSA) is 18.5 Å². The van der Waals surface area contributed by atoms with Crippen molar-refractivity contribution < 1.29 is 9.05 Å². The van der Waals surface area contributed by atoms with Gasteiger partial charge < -0.3 is 9.05 Å². The monoisotopic (exact) mass is 520 g/mol. The highest BCUT2D eigenvalue weighted by Gasteiger charge is 2.19. The third-order valence-corrected chi connectivity index (χ3v) is 8.71. The first-order chi connectivity index (χ1) is 18.3. The van der Waals surface area contributed by atoms with Crippen LogP contribution in [0.2, 0.25) is 0 Å². The summed E-state index contributed by atoms with van der Waals surface area (Å²) in [6.45, 7) is 0. The van der Waals surface area contributed by atoms with E-state index in [2.05, 4.69) is 97.1 Å². The smallest absolute Gasteiger partial charge is 0.295 e. The average Bonchev–Trinajstić information content (AvgIpc) is 2.95. The van der Waals surface area contributed by atoms with Crippen LogP contribution in [0.4, 0.5) is 0 Å². The van der Waals surface area contributed by atoms with Crippen LogP contribution in [0.1, 0.15) is 16.7 Å². The van der Waals surface area contributed by atoms with Crippen molar-refractivity contribution in [2.45, 2.75) is 18.5 Å². The second-order valence-corrected chi connectivity index (χ2v) is 11.3. The number of hydrogen-bond donors (Lipinski definition) is 0. The van der Waals surface area contributed by atoms with E-state index in [-0.39, 0.29) is 0 Å². The van der Waals surface area contributed by atoms with E-state index in [0.29, 0.717) is 6.16 Å². The van der Waals surface area contributed by atoms with Gasteiger partial charge in [0.1, 0.15) is 11.5 Å². The number of hydrogen-bond acceptors (Lipinski definition) is 2. The SMILES string of the molecule is c1ccc(CPCc2ccccc2-c2ccccc2OP(Cc2ccccc2)Oc2ccccc2)cc1. The Balaban J connectivity index is 1.38. The summed E-state index contributed by atoms with van der Waals surface area (Å²) in [6.07, 6.45) is 2.85. The van der Waals surface area contributed by atoms with E-state index in [4.69, 9.17) is 9.05 Å². The second kappa shape index (κ2) is 13.2. The van der Waals surface area contributed by atoms with E-state index in [1.807, 2.05) is 42.5 Å². The molecule has 0 N–H and O–H groups in total. The van der Waals surface area contributed by atoms with Crippen LogP contribution in [-0.4, -0.2) is 0 Å². The fourth-order valence-corrected chi connectivity index (χ4v) is 6.81. The largest absolute Gasteiger partial charge is 0.438 e. The molecule has 0 aliphatic rings. The molecule has 5 aromatic carbocycles. The van der Waals surface area contributed by atoms with Gasteiger partial charge in [-0.2, -0.15) is 0 Å². The summed E-state index contributed by atoms with van der Waals surface area (Å²) in [6, 6.07) is 48.2. The zero-order chi connectivity index (χ0) is 25.1. The van der Waals surface area contributed by atoms with Crippen molar-refractivity contribution in [1.29, 1.82) is 0 Å². The van der Waals surface area contributed by atoms with Crippen molar-refractivity contribution >= 4 is 17.0 Å². The third kappa shape index (κ3) is 7.30. The van der Waals surface area contributed by atoms with Gasteiger partial charge in [-0.15, -0.1) is 8.58 Å². The quantitative estimate of drug-likeness (QED) is 0.161. The Morgan fingerprint density at radius 1 is 0.486 bits per heavy atom. The van der Waals surface area contributed by atoms with Crippen molar-refractivity contribution in [3.63, 3.8) is 0 Å². The van der Waals surface area contributed by atoms with Crippen LogP contribution in [-0.2, 0) is 18.5 Å². The van der Waals surface area contributed by atoms with Crippen LogP contribution >= 0.6 is 17.0 Å². The van der Waals surface area contributed by atoms with Crippen LogP contribution in [0.15, 0.2) is 140 Å². The molecule has 0 saturated heterocycles. The molecule has 0 aromatic heterocycles. The van der Waals surface area contributed by atoms with Gasteiger partial charge in [-0.25, -0.2) is 0 Å². The predicted octanol–water partition coefficient (Wildman–Crippen LogP) is 9.70.